The summed E-state index contributed by atoms with van der Waals surface area (Å²) in [5, 5.41) is 2.52. The molecule has 0 N–H and O–H groups in total. The van der Waals surface area contributed by atoms with Crippen molar-refractivity contribution in [2.24, 2.45) is 0 Å². The highest BCUT2D eigenvalue weighted by Gasteiger charge is 2.19. The van der Waals surface area contributed by atoms with Crippen LogP contribution in [0.1, 0.15) is 26.3 Å². The zero-order chi connectivity index (χ0) is 17.0. The Kier molecular flexibility index (Phi) is 5.32. The number of rotatable bonds is 5. The van der Waals surface area contributed by atoms with Gasteiger partial charge in [0.25, 0.3) is 0 Å². The first-order chi connectivity index (χ1) is 10.8. The van der Waals surface area contributed by atoms with Gasteiger partial charge in [0, 0.05) is 14.1 Å². The number of para-hydroxylation sites is 1. The Labute approximate surface area is 142 Å². The molecule has 0 unspecified atom stereocenters. The summed E-state index contributed by atoms with van der Waals surface area (Å²) >= 11 is 0. The SMILES string of the molecule is C=Cc1cccc([Si]c2cccc(N(C)C)c2OC(C)(C)C)c1. The number of nitrogens with zero attached hydrogens (tertiary/aromatic N) is 1. The van der Waals surface area contributed by atoms with Gasteiger partial charge in [-0.1, -0.05) is 54.2 Å². The number of hydrogen-bond acceptors (Lipinski definition) is 2. The van der Waals surface area contributed by atoms with E-state index in [1.165, 1.54) is 10.4 Å². The molecule has 0 bridgehead atoms. The summed E-state index contributed by atoms with van der Waals surface area (Å²) in [7, 11) is 4.65. The van der Waals surface area contributed by atoms with Crippen LogP contribution in [0.15, 0.2) is 49.0 Å². The minimum atomic E-state index is -0.228. The smallest absolute Gasteiger partial charge is 0.142 e. The molecular weight excluding hydrogens is 298 g/mol. The quantitative estimate of drug-likeness (QED) is 0.783. The first-order valence-corrected chi connectivity index (χ1v) is 8.79. The molecule has 2 rings (SSSR count). The van der Waals surface area contributed by atoms with Crippen molar-refractivity contribution in [2.45, 2.75) is 26.4 Å². The standard InChI is InChI=1S/C20H25NOSi/c1-7-15-10-8-11-16(14-15)23-18-13-9-12-17(21(5)6)19(18)22-20(2,3)4/h7-14H,1H2,2-6H3. The van der Waals surface area contributed by atoms with Crippen LogP contribution >= 0.6 is 0 Å². The highest BCUT2D eigenvalue weighted by atomic mass is 28.2. The lowest BCUT2D eigenvalue weighted by molar-refractivity contribution is 0.133. The van der Waals surface area contributed by atoms with E-state index in [0.29, 0.717) is 9.52 Å². The first kappa shape index (κ1) is 17.4. The Hall–Kier alpha value is -2.00. The van der Waals surface area contributed by atoms with Gasteiger partial charge in [0.05, 0.1) is 5.69 Å². The monoisotopic (exact) mass is 323 g/mol. The van der Waals surface area contributed by atoms with E-state index in [4.69, 9.17) is 4.74 Å². The summed E-state index contributed by atoms with van der Waals surface area (Å²) in [6.07, 6.45) is 1.89. The largest absolute Gasteiger partial charge is 0.486 e. The molecule has 0 aliphatic carbocycles. The Balaban J connectivity index is 2.44. The van der Waals surface area contributed by atoms with Crippen molar-refractivity contribution < 1.29 is 4.74 Å². The number of hydrogen-bond donors (Lipinski definition) is 0. The average Bonchev–Trinajstić information content (AvgIpc) is 2.47. The molecule has 0 aliphatic rings. The zero-order valence-corrected chi connectivity index (χ0v) is 15.7. The third kappa shape index (κ3) is 4.73. The normalized spacial score (nSPS) is 11.2. The fourth-order valence-corrected chi connectivity index (χ4v) is 3.49. The van der Waals surface area contributed by atoms with E-state index in [2.05, 4.69) is 88.8 Å². The van der Waals surface area contributed by atoms with Crippen LogP contribution in [0, 0.1) is 0 Å². The Bertz CT molecular complexity index is 686. The van der Waals surface area contributed by atoms with Gasteiger partial charge in [-0.05, 0) is 37.6 Å². The molecule has 2 aromatic rings. The molecule has 2 radical (unpaired) electrons. The summed E-state index contributed by atoms with van der Waals surface area (Å²) < 4.78 is 6.30. The summed E-state index contributed by atoms with van der Waals surface area (Å²) in [5.41, 5.74) is 2.04. The zero-order valence-electron chi connectivity index (χ0n) is 14.7. The third-order valence-corrected chi connectivity index (χ3v) is 4.55. The second kappa shape index (κ2) is 7.05. The fourth-order valence-electron chi connectivity index (χ4n) is 2.29. The number of anilines is 1. The van der Waals surface area contributed by atoms with E-state index in [1.54, 1.807) is 0 Å². The van der Waals surface area contributed by atoms with Gasteiger partial charge >= 0.3 is 0 Å². The lowest BCUT2D eigenvalue weighted by Crippen LogP contribution is -2.34. The van der Waals surface area contributed by atoms with Gasteiger partial charge in [0.1, 0.15) is 20.9 Å². The fraction of sp³-hybridized carbons (Fsp3) is 0.300. The molecule has 23 heavy (non-hydrogen) atoms. The number of benzene rings is 2. The van der Waals surface area contributed by atoms with Crippen molar-refractivity contribution in [3.63, 3.8) is 0 Å². The lowest BCUT2D eigenvalue weighted by atomic mass is 10.2. The highest BCUT2D eigenvalue weighted by Crippen LogP contribution is 2.27. The molecule has 0 atom stereocenters. The molecule has 0 amide bonds. The van der Waals surface area contributed by atoms with Gasteiger partial charge in [0.2, 0.25) is 0 Å². The molecule has 0 fully saturated rings. The van der Waals surface area contributed by atoms with Crippen LogP contribution in [0.5, 0.6) is 5.75 Å². The Morgan fingerprint density at radius 3 is 2.39 bits per heavy atom. The molecule has 2 aromatic carbocycles. The van der Waals surface area contributed by atoms with Gasteiger partial charge in [-0.2, -0.15) is 0 Å². The highest BCUT2D eigenvalue weighted by molar-refractivity contribution is 6.68. The predicted molar refractivity (Wildman–Crippen MR) is 103 cm³/mol. The van der Waals surface area contributed by atoms with Crippen molar-refractivity contribution in [1.29, 1.82) is 0 Å². The molecule has 0 spiro atoms. The molecule has 0 heterocycles. The van der Waals surface area contributed by atoms with Crippen LogP contribution in [0.3, 0.4) is 0 Å². The third-order valence-electron chi connectivity index (χ3n) is 3.29. The van der Waals surface area contributed by atoms with Crippen molar-refractivity contribution in [1.82, 2.24) is 0 Å². The summed E-state index contributed by atoms with van der Waals surface area (Å²) in [5.74, 6) is 0.979. The minimum absolute atomic E-state index is 0.228. The van der Waals surface area contributed by atoms with Crippen LogP contribution < -0.4 is 20.0 Å². The van der Waals surface area contributed by atoms with Gasteiger partial charge in [0.15, 0.2) is 0 Å². The van der Waals surface area contributed by atoms with E-state index in [1.807, 2.05) is 6.08 Å². The summed E-state index contributed by atoms with van der Waals surface area (Å²) in [6.45, 7) is 10.1. The molecule has 0 aliphatic heterocycles. The van der Waals surface area contributed by atoms with Gasteiger partial charge in [-0.25, -0.2) is 0 Å². The Morgan fingerprint density at radius 2 is 1.78 bits per heavy atom. The topological polar surface area (TPSA) is 12.5 Å². The maximum atomic E-state index is 6.30. The second-order valence-electron chi connectivity index (χ2n) is 6.72. The van der Waals surface area contributed by atoms with Crippen LogP contribution in [0.2, 0.25) is 0 Å². The summed E-state index contributed by atoms with van der Waals surface area (Å²) in [4.78, 5) is 2.11. The molecule has 3 heteroatoms. The van der Waals surface area contributed by atoms with Crippen LogP contribution in [-0.2, 0) is 0 Å². The molecule has 0 saturated heterocycles. The predicted octanol–water partition coefficient (Wildman–Crippen LogP) is 3.23. The summed E-state index contributed by atoms with van der Waals surface area (Å²) in [6, 6.07) is 14.9. The molecule has 0 saturated carbocycles. The van der Waals surface area contributed by atoms with Crippen molar-refractivity contribution in [2.75, 3.05) is 19.0 Å². The minimum Gasteiger partial charge on any atom is -0.486 e. The van der Waals surface area contributed by atoms with Crippen molar-refractivity contribution in [3.05, 3.63) is 54.6 Å². The Morgan fingerprint density at radius 1 is 1.09 bits per heavy atom. The molecule has 2 nitrogen and oxygen atoms in total. The molecule has 120 valence electrons. The van der Waals surface area contributed by atoms with Crippen molar-refractivity contribution >= 4 is 31.7 Å². The first-order valence-electron chi connectivity index (χ1n) is 7.79. The van der Waals surface area contributed by atoms with Gasteiger partial charge in [-0.3, -0.25) is 0 Å². The van der Waals surface area contributed by atoms with E-state index in [0.717, 1.165) is 17.0 Å². The van der Waals surface area contributed by atoms with E-state index in [-0.39, 0.29) is 5.60 Å². The number of ether oxygens (including phenoxy) is 1. The average molecular weight is 324 g/mol. The van der Waals surface area contributed by atoms with Crippen LogP contribution in [-0.4, -0.2) is 29.2 Å². The van der Waals surface area contributed by atoms with Gasteiger partial charge in [-0.15, -0.1) is 0 Å². The van der Waals surface area contributed by atoms with E-state index in [9.17, 15) is 0 Å². The van der Waals surface area contributed by atoms with E-state index >= 15 is 0 Å². The maximum Gasteiger partial charge on any atom is 0.142 e. The second-order valence-corrected chi connectivity index (χ2v) is 8.08. The molecule has 0 aromatic heterocycles. The van der Waals surface area contributed by atoms with Crippen molar-refractivity contribution in [3.8, 4) is 5.75 Å². The maximum absolute atomic E-state index is 6.30. The van der Waals surface area contributed by atoms with Crippen LogP contribution in [0.4, 0.5) is 5.69 Å². The van der Waals surface area contributed by atoms with E-state index < -0.39 is 0 Å². The lowest BCUT2D eigenvalue weighted by Gasteiger charge is -2.27. The van der Waals surface area contributed by atoms with Gasteiger partial charge < -0.3 is 9.64 Å². The van der Waals surface area contributed by atoms with Crippen LogP contribution in [0.25, 0.3) is 6.08 Å². The molecular formula is C20H25NOSi.